The van der Waals surface area contributed by atoms with Crippen molar-refractivity contribution in [1.82, 2.24) is 14.9 Å². The molecule has 1 aliphatic carbocycles. The molecule has 0 atom stereocenters. The fourth-order valence-electron chi connectivity index (χ4n) is 2.08. The van der Waals surface area contributed by atoms with Crippen LogP contribution in [0.5, 0.6) is 5.75 Å². The van der Waals surface area contributed by atoms with Crippen LogP contribution in [0.25, 0.3) is 10.9 Å². The second kappa shape index (κ2) is 6.52. The number of nitrogens with one attached hydrogen (secondary N) is 1. The minimum Gasteiger partial charge on any atom is -0.504 e. The molecule has 0 radical (unpaired) electrons. The summed E-state index contributed by atoms with van der Waals surface area (Å²) in [6, 6.07) is 1.95. The molecule has 1 aromatic heterocycles. The van der Waals surface area contributed by atoms with Gasteiger partial charge >= 0.3 is 0 Å². The van der Waals surface area contributed by atoms with E-state index in [4.69, 9.17) is 23.2 Å². The SMILES string of the molecule is Br.O=c1c2c(Cl)cc(Cl)c(O)c2ncn1CCNC1CC1. The summed E-state index contributed by atoms with van der Waals surface area (Å²) in [6.45, 7) is 1.22. The molecule has 3 rings (SSSR count). The Labute approximate surface area is 141 Å². The number of rotatable bonds is 4. The number of phenols is 1. The van der Waals surface area contributed by atoms with Crippen molar-refractivity contribution in [2.45, 2.75) is 25.4 Å². The number of phenolic OH excluding ortho intramolecular Hbond substituents is 1. The number of hydrogen-bond donors (Lipinski definition) is 2. The van der Waals surface area contributed by atoms with E-state index in [1.807, 2.05) is 0 Å². The Bertz CT molecular complexity index is 731. The number of halogens is 3. The van der Waals surface area contributed by atoms with E-state index < -0.39 is 0 Å². The van der Waals surface area contributed by atoms with Crippen molar-refractivity contribution in [1.29, 1.82) is 0 Å². The third kappa shape index (κ3) is 3.34. The van der Waals surface area contributed by atoms with Gasteiger partial charge in [-0.15, -0.1) is 17.0 Å². The Balaban J connectivity index is 0.00000161. The van der Waals surface area contributed by atoms with E-state index in [2.05, 4.69) is 10.3 Å². The number of hydrogen-bond acceptors (Lipinski definition) is 4. The second-order valence-electron chi connectivity index (χ2n) is 4.88. The highest BCUT2D eigenvalue weighted by atomic mass is 79.9. The first kappa shape index (κ1) is 16.5. The van der Waals surface area contributed by atoms with Gasteiger partial charge in [-0.1, -0.05) is 23.2 Å². The predicted octanol–water partition coefficient (Wildman–Crippen LogP) is 2.74. The zero-order chi connectivity index (χ0) is 14.3. The minimum absolute atomic E-state index is 0. The normalized spacial score (nSPS) is 14.2. The van der Waals surface area contributed by atoms with Crippen LogP contribution in [0.2, 0.25) is 10.0 Å². The third-order valence-corrected chi connectivity index (χ3v) is 3.93. The number of aromatic hydroxyl groups is 1. The smallest absolute Gasteiger partial charge is 0.262 e. The van der Waals surface area contributed by atoms with E-state index in [0.29, 0.717) is 19.1 Å². The molecule has 21 heavy (non-hydrogen) atoms. The van der Waals surface area contributed by atoms with Crippen LogP contribution in [0.3, 0.4) is 0 Å². The van der Waals surface area contributed by atoms with Gasteiger partial charge in [-0.2, -0.15) is 0 Å². The van der Waals surface area contributed by atoms with Crippen LogP contribution in [-0.2, 0) is 6.54 Å². The highest BCUT2D eigenvalue weighted by molar-refractivity contribution is 8.93. The summed E-state index contributed by atoms with van der Waals surface area (Å²) in [4.78, 5) is 16.5. The molecule has 8 heteroatoms. The minimum atomic E-state index is -0.274. The van der Waals surface area contributed by atoms with Crippen LogP contribution < -0.4 is 10.9 Å². The average Bonchev–Trinajstić information content (AvgIpc) is 3.22. The van der Waals surface area contributed by atoms with E-state index in [-0.39, 0.29) is 49.2 Å². The summed E-state index contributed by atoms with van der Waals surface area (Å²) >= 11 is 11.9. The largest absolute Gasteiger partial charge is 0.504 e. The van der Waals surface area contributed by atoms with E-state index in [9.17, 15) is 9.90 Å². The fourth-order valence-corrected chi connectivity index (χ4v) is 2.62. The zero-order valence-corrected chi connectivity index (χ0v) is 14.2. The van der Waals surface area contributed by atoms with Gasteiger partial charge in [-0.25, -0.2) is 4.98 Å². The summed E-state index contributed by atoms with van der Waals surface area (Å²) < 4.78 is 1.48. The van der Waals surface area contributed by atoms with Crippen LogP contribution in [0.15, 0.2) is 17.2 Å². The summed E-state index contributed by atoms with van der Waals surface area (Å²) in [7, 11) is 0. The van der Waals surface area contributed by atoms with Gasteiger partial charge in [0.2, 0.25) is 0 Å². The van der Waals surface area contributed by atoms with Crippen molar-refractivity contribution in [2.24, 2.45) is 0 Å². The van der Waals surface area contributed by atoms with Crippen molar-refractivity contribution >= 4 is 51.1 Å². The Kier molecular flexibility index (Phi) is 5.14. The Morgan fingerprint density at radius 3 is 2.76 bits per heavy atom. The quantitative estimate of drug-likeness (QED) is 0.836. The number of nitrogens with zero attached hydrogens (tertiary/aromatic N) is 2. The Hall–Kier alpha value is -0.820. The number of aromatic nitrogens is 2. The summed E-state index contributed by atoms with van der Waals surface area (Å²) in [5.41, 5.74) is -0.136. The number of fused-ring (bicyclic) bond motifs is 1. The Morgan fingerprint density at radius 1 is 1.38 bits per heavy atom. The van der Waals surface area contributed by atoms with Gasteiger partial charge in [-0.05, 0) is 18.9 Å². The van der Waals surface area contributed by atoms with Gasteiger partial charge in [0, 0.05) is 19.1 Å². The molecule has 114 valence electrons. The molecule has 0 bridgehead atoms. The van der Waals surface area contributed by atoms with E-state index in [0.717, 1.165) is 0 Å². The summed E-state index contributed by atoms with van der Waals surface area (Å²) in [5, 5.41) is 13.6. The van der Waals surface area contributed by atoms with Crippen LogP contribution in [0, 0.1) is 0 Å². The molecule has 0 amide bonds. The second-order valence-corrected chi connectivity index (χ2v) is 5.70. The third-order valence-electron chi connectivity index (χ3n) is 3.34. The van der Waals surface area contributed by atoms with Gasteiger partial charge in [0.15, 0.2) is 5.75 Å². The molecular weight excluding hydrogens is 381 g/mol. The maximum absolute atomic E-state index is 12.4. The molecule has 0 saturated heterocycles. The highest BCUT2D eigenvalue weighted by Crippen LogP contribution is 2.34. The molecule has 2 aromatic rings. The van der Waals surface area contributed by atoms with Crippen LogP contribution in [-0.4, -0.2) is 27.2 Å². The van der Waals surface area contributed by atoms with Crippen LogP contribution >= 0.6 is 40.2 Å². The molecule has 0 aliphatic heterocycles. The maximum atomic E-state index is 12.4. The Morgan fingerprint density at radius 2 is 2.10 bits per heavy atom. The van der Waals surface area contributed by atoms with Crippen LogP contribution in [0.4, 0.5) is 0 Å². The summed E-state index contributed by atoms with van der Waals surface area (Å²) in [5.74, 6) is -0.216. The van der Waals surface area contributed by atoms with Crippen molar-refractivity contribution in [3.8, 4) is 5.75 Å². The first-order valence-electron chi connectivity index (χ1n) is 6.37. The van der Waals surface area contributed by atoms with Gasteiger partial charge in [0.1, 0.15) is 5.52 Å². The first-order chi connectivity index (χ1) is 9.58. The molecule has 1 saturated carbocycles. The van der Waals surface area contributed by atoms with Crippen molar-refractivity contribution in [3.63, 3.8) is 0 Å². The molecular formula is C13H14BrCl2N3O2. The monoisotopic (exact) mass is 393 g/mol. The lowest BCUT2D eigenvalue weighted by Gasteiger charge is -2.09. The van der Waals surface area contributed by atoms with Gasteiger partial charge in [-0.3, -0.25) is 9.36 Å². The first-order valence-corrected chi connectivity index (χ1v) is 7.13. The van der Waals surface area contributed by atoms with E-state index in [1.165, 1.54) is 29.8 Å². The lowest BCUT2D eigenvalue weighted by atomic mass is 10.2. The topological polar surface area (TPSA) is 67.1 Å². The average molecular weight is 395 g/mol. The standard InChI is InChI=1S/C13H13Cl2N3O2.BrH/c14-8-5-9(15)12(19)11-10(8)13(20)18(6-17-11)4-3-16-7-1-2-7;/h5-7,16,19H,1-4H2;1H. The maximum Gasteiger partial charge on any atom is 0.262 e. The number of benzene rings is 1. The molecule has 5 nitrogen and oxygen atoms in total. The lowest BCUT2D eigenvalue weighted by molar-refractivity contribution is 0.480. The van der Waals surface area contributed by atoms with Gasteiger partial charge in [0.25, 0.3) is 5.56 Å². The van der Waals surface area contributed by atoms with Crippen molar-refractivity contribution < 1.29 is 5.11 Å². The molecule has 0 unspecified atom stereocenters. The zero-order valence-electron chi connectivity index (χ0n) is 11.0. The van der Waals surface area contributed by atoms with Crippen LogP contribution in [0.1, 0.15) is 12.8 Å². The molecule has 0 spiro atoms. The van der Waals surface area contributed by atoms with Gasteiger partial charge < -0.3 is 10.4 Å². The molecule has 1 aliphatic rings. The van der Waals surface area contributed by atoms with E-state index in [1.54, 1.807) is 0 Å². The summed E-state index contributed by atoms with van der Waals surface area (Å²) in [6.07, 6.45) is 3.80. The van der Waals surface area contributed by atoms with Crippen molar-refractivity contribution in [3.05, 3.63) is 32.8 Å². The molecule has 1 fully saturated rings. The van der Waals surface area contributed by atoms with Crippen molar-refractivity contribution in [2.75, 3.05) is 6.54 Å². The molecule has 2 N–H and O–H groups in total. The molecule has 1 aromatic carbocycles. The van der Waals surface area contributed by atoms with E-state index >= 15 is 0 Å². The fraction of sp³-hybridized carbons (Fsp3) is 0.385. The predicted molar refractivity (Wildman–Crippen MR) is 89.0 cm³/mol. The highest BCUT2D eigenvalue weighted by Gasteiger charge is 2.20. The van der Waals surface area contributed by atoms with Gasteiger partial charge in [0.05, 0.1) is 21.8 Å². The molecule has 1 heterocycles. The lowest BCUT2D eigenvalue weighted by Crippen LogP contribution is -2.28.